The number of anilines is 1. The molecule has 1 N–H and O–H groups in total. The first-order valence-corrected chi connectivity index (χ1v) is 4.18. The second kappa shape index (κ2) is 2.83. The molecular formula is C10H9NO3. The monoisotopic (exact) mass is 191 g/mol. The molecule has 0 atom stereocenters. The quantitative estimate of drug-likeness (QED) is 0.677. The molecule has 4 heteroatoms. The van der Waals surface area contributed by atoms with E-state index < -0.39 is 11.7 Å². The van der Waals surface area contributed by atoms with Crippen molar-refractivity contribution in [3.63, 3.8) is 0 Å². The van der Waals surface area contributed by atoms with Crippen molar-refractivity contribution < 1.29 is 14.3 Å². The minimum absolute atomic E-state index is 0.395. The number of nitrogens with one attached hydrogen (secondary N) is 1. The van der Waals surface area contributed by atoms with Crippen molar-refractivity contribution in [2.24, 2.45) is 0 Å². The maximum atomic E-state index is 11.3. The molecule has 1 heterocycles. The zero-order chi connectivity index (χ0) is 10.3. The zero-order valence-corrected chi connectivity index (χ0v) is 7.88. The first kappa shape index (κ1) is 8.74. The highest BCUT2D eigenvalue weighted by Gasteiger charge is 2.29. The highest BCUT2D eigenvalue weighted by Crippen LogP contribution is 2.30. The van der Waals surface area contributed by atoms with Gasteiger partial charge in [0.1, 0.15) is 5.75 Å². The smallest absolute Gasteiger partial charge is 0.296 e. The lowest BCUT2D eigenvalue weighted by molar-refractivity contribution is -0.112. The van der Waals surface area contributed by atoms with Crippen molar-refractivity contribution in [2.45, 2.75) is 6.92 Å². The number of methoxy groups -OCH3 is 1. The maximum Gasteiger partial charge on any atom is 0.296 e. The molecule has 1 aliphatic rings. The highest BCUT2D eigenvalue weighted by atomic mass is 16.5. The lowest BCUT2D eigenvalue weighted by Crippen LogP contribution is -2.12. The van der Waals surface area contributed by atoms with Gasteiger partial charge in [-0.05, 0) is 24.6 Å². The van der Waals surface area contributed by atoms with Crippen LogP contribution < -0.4 is 10.1 Å². The number of Topliss-reactive ketones (excluding diaryl/α,β-unsaturated/α-hetero) is 1. The molecule has 14 heavy (non-hydrogen) atoms. The third kappa shape index (κ3) is 1.08. The number of aryl methyl sites for hydroxylation is 1. The number of benzene rings is 1. The lowest BCUT2D eigenvalue weighted by atomic mass is 10.1. The summed E-state index contributed by atoms with van der Waals surface area (Å²) in [6.07, 6.45) is 0. The average Bonchev–Trinajstić information content (AvgIpc) is 2.45. The number of amides is 1. The molecule has 0 aromatic heterocycles. The molecule has 0 fully saturated rings. The first-order valence-electron chi connectivity index (χ1n) is 4.18. The van der Waals surface area contributed by atoms with E-state index in [0.29, 0.717) is 17.0 Å². The molecule has 2 rings (SSSR count). The summed E-state index contributed by atoms with van der Waals surface area (Å²) in [6.45, 7) is 1.82. The lowest BCUT2D eigenvalue weighted by Gasteiger charge is -2.05. The van der Waals surface area contributed by atoms with Crippen LogP contribution in [-0.2, 0) is 4.79 Å². The van der Waals surface area contributed by atoms with Crippen molar-refractivity contribution in [3.05, 3.63) is 23.3 Å². The number of rotatable bonds is 1. The normalized spacial score (nSPS) is 13.9. The van der Waals surface area contributed by atoms with Crippen LogP contribution in [0, 0.1) is 6.92 Å². The van der Waals surface area contributed by atoms with Crippen LogP contribution in [0.2, 0.25) is 0 Å². The summed E-state index contributed by atoms with van der Waals surface area (Å²) in [5, 5.41) is 2.52. The summed E-state index contributed by atoms with van der Waals surface area (Å²) in [7, 11) is 1.52. The molecule has 1 aromatic rings. The van der Waals surface area contributed by atoms with Gasteiger partial charge < -0.3 is 10.1 Å². The molecule has 1 aromatic carbocycles. The van der Waals surface area contributed by atoms with Crippen LogP contribution in [0.1, 0.15) is 15.9 Å². The topological polar surface area (TPSA) is 55.4 Å². The SMILES string of the molecule is COc1cc(C)c2c(c1)C(=O)C(=O)N2. The van der Waals surface area contributed by atoms with Gasteiger partial charge in [0.2, 0.25) is 0 Å². The highest BCUT2D eigenvalue weighted by molar-refractivity contribution is 6.51. The van der Waals surface area contributed by atoms with Crippen LogP contribution in [0.15, 0.2) is 12.1 Å². The molecule has 1 aliphatic heterocycles. The fraction of sp³-hybridized carbons (Fsp3) is 0.200. The Hall–Kier alpha value is -1.84. The number of carbonyl (C=O) groups is 2. The van der Waals surface area contributed by atoms with E-state index in [9.17, 15) is 9.59 Å². The summed E-state index contributed by atoms with van der Waals surface area (Å²) in [4.78, 5) is 22.4. The average molecular weight is 191 g/mol. The van der Waals surface area contributed by atoms with Gasteiger partial charge in [-0.2, -0.15) is 0 Å². The van der Waals surface area contributed by atoms with Crippen LogP contribution in [0.5, 0.6) is 5.75 Å². The predicted octanol–water partition coefficient (Wildman–Crippen LogP) is 1.14. The predicted molar refractivity (Wildman–Crippen MR) is 50.7 cm³/mol. The van der Waals surface area contributed by atoms with Gasteiger partial charge in [0.15, 0.2) is 0 Å². The third-order valence-electron chi connectivity index (χ3n) is 2.23. The molecular weight excluding hydrogens is 182 g/mol. The Morgan fingerprint density at radius 3 is 2.64 bits per heavy atom. The van der Waals surface area contributed by atoms with E-state index in [-0.39, 0.29) is 0 Å². The molecule has 0 saturated carbocycles. The van der Waals surface area contributed by atoms with Gasteiger partial charge in [-0.15, -0.1) is 0 Å². The van der Waals surface area contributed by atoms with Gasteiger partial charge in [0.25, 0.3) is 11.7 Å². The van der Waals surface area contributed by atoms with Crippen LogP contribution in [0.25, 0.3) is 0 Å². The van der Waals surface area contributed by atoms with E-state index in [2.05, 4.69) is 5.32 Å². The van der Waals surface area contributed by atoms with Crippen molar-refractivity contribution in [2.75, 3.05) is 12.4 Å². The van der Waals surface area contributed by atoms with Gasteiger partial charge in [-0.25, -0.2) is 0 Å². The van der Waals surface area contributed by atoms with Crippen LogP contribution >= 0.6 is 0 Å². The summed E-state index contributed by atoms with van der Waals surface area (Å²) < 4.78 is 5.01. The summed E-state index contributed by atoms with van der Waals surface area (Å²) in [6, 6.07) is 3.35. The molecule has 0 aliphatic carbocycles. The van der Waals surface area contributed by atoms with Gasteiger partial charge in [-0.3, -0.25) is 9.59 Å². The Bertz CT molecular complexity index is 437. The molecule has 1 amide bonds. The number of hydrogen-bond donors (Lipinski definition) is 1. The summed E-state index contributed by atoms with van der Waals surface area (Å²) >= 11 is 0. The Balaban J connectivity index is 2.63. The second-order valence-corrected chi connectivity index (χ2v) is 3.15. The van der Waals surface area contributed by atoms with Gasteiger partial charge >= 0.3 is 0 Å². The van der Waals surface area contributed by atoms with E-state index in [0.717, 1.165) is 5.56 Å². The summed E-state index contributed by atoms with van der Waals surface area (Å²) in [5.74, 6) is -0.482. The standard InChI is InChI=1S/C10H9NO3/c1-5-3-6(14-2)4-7-8(5)11-10(13)9(7)12/h3-4H,1-2H3,(H,11,12,13). The second-order valence-electron chi connectivity index (χ2n) is 3.15. The Labute approximate surface area is 80.9 Å². The first-order chi connectivity index (χ1) is 6.63. The maximum absolute atomic E-state index is 11.3. The zero-order valence-electron chi connectivity index (χ0n) is 7.88. The van der Waals surface area contributed by atoms with Gasteiger partial charge in [-0.1, -0.05) is 0 Å². The van der Waals surface area contributed by atoms with E-state index in [1.165, 1.54) is 7.11 Å². The van der Waals surface area contributed by atoms with Crippen molar-refractivity contribution in [1.82, 2.24) is 0 Å². The Morgan fingerprint density at radius 2 is 2.00 bits per heavy atom. The number of fused-ring (bicyclic) bond motifs is 1. The van der Waals surface area contributed by atoms with Crippen LogP contribution in [0.3, 0.4) is 0 Å². The van der Waals surface area contributed by atoms with Crippen LogP contribution in [0.4, 0.5) is 5.69 Å². The van der Waals surface area contributed by atoms with E-state index >= 15 is 0 Å². The molecule has 4 nitrogen and oxygen atoms in total. The number of carbonyl (C=O) groups excluding carboxylic acids is 2. The Kier molecular flexibility index (Phi) is 1.77. The van der Waals surface area contributed by atoms with Crippen molar-refractivity contribution in [1.29, 1.82) is 0 Å². The minimum Gasteiger partial charge on any atom is -0.497 e. The fourth-order valence-electron chi connectivity index (χ4n) is 1.51. The molecule has 0 bridgehead atoms. The number of hydrogen-bond acceptors (Lipinski definition) is 3. The minimum atomic E-state index is -0.573. The molecule has 0 radical (unpaired) electrons. The van der Waals surface area contributed by atoms with Gasteiger partial charge in [0.05, 0.1) is 18.4 Å². The summed E-state index contributed by atoms with van der Waals surface area (Å²) in [5.41, 5.74) is 1.83. The molecule has 0 spiro atoms. The van der Waals surface area contributed by atoms with E-state index in [4.69, 9.17) is 4.74 Å². The van der Waals surface area contributed by atoms with Gasteiger partial charge in [0, 0.05) is 0 Å². The number of ketones is 1. The van der Waals surface area contributed by atoms with E-state index in [1.807, 2.05) is 6.92 Å². The number of ether oxygens (including phenoxy) is 1. The largest absolute Gasteiger partial charge is 0.497 e. The molecule has 72 valence electrons. The Morgan fingerprint density at radius 1 is 1.29 bits per heavy atom. The molecule has 0 unspecified atom stereocenters. The van der Waals surface area contributed by atoms with Crippen molar-refractivity contribution >= 4 is 17.4 Å². The molecule has 0 saturated heterocycles. The third-order valence-corrected chi connectivity index (χ3v) is 2.23. The van der Waals surface area contributed by atoms with Crippen LogP contribution in [-0.4, -0.2) is 18.8 Å². The fourth-order valence-corrected chi connectivity index (χ4v) is 1.51. The van der Waals surface area contributed by atoms with Crippen molar-refractivity contribution in [3.8, 4) is 5.75 Å². The van der Waals surface area contributed by atoms with E-state index in [1.54, 1.807) is 12.1 Å².